The van der Waals surface area contributed by atoms with E-state index in [0.717, 1.165) is 10.5 Å². The van der Waals surface area contributed by atoms with Gasteiger partial charge in [0.1, 0.15) is 35.9 Å². The number of ether oxygens (including phenoxy) is 1. The molecule has 3 unspecified atom stereocenters. The molecular formula is C52H80N10O12. The van der Waals surface area contributed by atoms with Crippen LogP contribution in [0, 0.1) is 29.6 Å². The van der Waals surface area contributed by atoms with Crippen molar-refractivity contribution in [2.45, 2.75) is 143 Å². The van der Waals surface area contributed by atoms with Gasteiger partial charge in [0, 0.05) is 33.0 Å². The van der Waals surface area contributed by atoms with Crippen molar-refractivity contribution in [2.24, 2.45) is 46.0 Å². The number of nitrogens with two attached hydrogens (primary N) is 2. The second-order valence-corrected chi connectivity index (χ2v) is 19.7. The Balaban J connectivity index is 2.78. The number of amides is 7. The molecule has 1 saturated heterocycles. The van der Waals surface area contributed by atoms with Gasteiger partial charge in [-0.3, -0.25) is 38.6 Å². The maximum absolute atomic E-state index is 14.4. The van der Waals surface area contributed by atoms with Crippen LogP contribution in [-0.4, -0.2) is 137 Å². The zero-order valence-electron chi connectivity index (χ0n) is 44.4. The summed E-state index contributed by atoms with van der Waals surface area (Å²) in [6.07, 6.45) is 4.71. The van der Waals surface area contributed by atoms with Crippen LogP contribution in [0.25, 0.3) is 0 Å². The zero-order valence-corrected chi connectivity index (χ0v) is 44.4. The minimum atomic E-state index is -1.89. The smallest absolute Gasteiger partial charge is 0.327 e. The van der Waals surface area contributed by atoms with E-state index < -0.39 is 120 Å². The minimum Gasteiger partial charge on any atom is -0.480 e. The van der Waals surface area contributed by atoms with E-state index in [1.165, 1.54) is 27.0 Å². The fourth-order valence-corrected chi connectivity index (χ4v) is 8.03. The molecule has 10 atom stereocenters. The molecule has 1 aromatic carbocycles. The van der Waals surface area contributed by atoms with Crippen LogP contribution in [0.1, 0.15) is 99.5 Å². The van der Waals surface area contributed by atoms with Crippen LogP contribution in [0.3, 0.4) is 0 Å². The van der Waals surface area contributed by atoms with Crippen molar-refractivity contribution in [1.82, 2.24) is 36.8 Å². The maximum atomic E-state index is 14.4. The number of benzene rings is 1. The second-order valence-electron chi connectivity index (χ2n) is 19.7. The molecular weight excluding hydrogens is 957 g/mol. The lowest BCUT2D eigenvalue weighted by atomic mass is 9.94. The number of nitrogens with zero attached hydrogens (tertiary/aromatic N) is 2. The molecule has 7 amide bonds. The molecule has 0 bridgehead atoms. The van der Waals surface area contributed by atoms with E-state index in [9.17, 15) is 53.4 Å². The number of methoxy groups -OCH3 is 1. The molecule has 0 saturated carbocycles. The van der Waals surface area contributed by atoms with E-state index in [2.05, 4.69) is 43.5 Å². The van der Waals surface area contributed by atoms with Gasteiger partial charge >= 0.3 is 11.9 Å². The minimum absolute atomic E-state index is 0.00777. The predicted octanol–water partition coefficient (Wildman–Crippen LogP) is 1.64. The molecule has 12 N–H and O–H groups in total. The zero-order chi connectivity index (χ0) is 56.0. The molecule has 1 aliphatic rings. The highest BCUT2D eigenvalue weighted by atomic mass is 16.5. The normalized spacial score (nSPS) is 24.9. The molecule has 22 nitrogen and oxygen atoms in total. The van der Waals surface area contributed by atoms with E-state index in [4.69, 9.17) is 16.2 Å². The van der Waals surface area contributed by atoms with E-state index in [0.29, 0.717) is 12.0 Å². The third-order valence-electron chi connectivity index (χ3n) is 12.5. The van der Waals surface area contributed by atoms with Gasteiger partial charge in [0.05, 0.1) is 24.0 Å². The lowest BCUT2D eigenvalue weighted by Gasteiger charge is -2.29. The van der Waals surface area contributed by atoms with E-state index >= 15 is 0 Å². The number of aliphatic carboxylic acids is 2. The van der Waals surface area contributed by atoms with Gasteiger partial charge in [-0.2, -0.15) is 0 Å². The number of hydrogen-bond acceptors (Lipinski definition) is 11. The first-order chi connectivity index (χ1) is 34.7. The largest absolute Gasteiger partial charge is 0.480 e. The molecule has 0 radical (unpaired) electrons. The van der Waals surface area contributed by atoms with Gasteiger partial charge in [-0.25, -0.2) is 9.59 Å². The Morgan fingerprint density at radius 3 is 1.91 bits per heavy atom. The Morgan fingerprint density at radius 2 is 1.35 bits per heavy atom. The molecule has 0 aromatic heterocycles. The van der Waals surface area contributed by atoms with Crippen molar-refractivity contribution < 1.29 is 58.1 Å². The summed E-state index contributed by atoms with van der Waals surface area (Å²) >= 11 is 0. The lowest BCUT2D eigenvalue weighted by Crippen LogP contribution is -2.59. The first kappa shape index (κ1) is 63.0. The molecule has 1 aromatic rings. The molecule has 1 aliphatic heterocycles. The molecule has 1 fully saturated rings. The highest BCUT2D eigenvalue weighted by molar-refractivity contribution is 6.00. The van der Waals surface area contributed by atoms with Gasteiger partial charge in [-0.05, 0) is 62.8 Å². The summed E-state index contributed by atoms with van der Waals surface area (Å²) in [5.41, 5.74) is 12.4. The van der Waals surface area contributed by atoms with Crippen LogP contribution in [0.15, 0.2) is 71.4 Å². The number of nitrogens with one attached hydrogen (secondary N) is 6. The number of carboxylic acids is 2. The molecule has 0 spiro atoms. The number of carboxylic acid groups (broad SMARTS) is 2. The van der Waals surface area contributed by atoms with Crippen molar-refractivity contribution in [3.63, 3.8) is 0 Å². The fraction of sp³-hybridized carbons (Fsp3) is 0.577. The van der Waals surface area contributed by atoms with Crippen LogP contribution in [0.5, 0.6) is 0 Å². The number of aliphatic imine (C=N–C) groups is 1. The number of rotatable bonds is 17. The van der Waals surface area contributed by atoms with Crippen molar-refractivity contribution in [3.8, 4) is 0 Å². The van der Waals surface area contributed by atoms with Gasteiger partial charge < -0.3 is 63.2 Å². The van der Waals surface area contributed by atoms with Gasteiger partial charge in [-0.15, -0.1) is 0 Å². The third kappa shape index (κ3) is 21.2. The number of guanidine groups is 1. The second kappa shape index (κ2) is 30.8. The first-order valence-corrected chi connectivity index (χ1v) is 24.9. The lowest BCUT2D eigenvalue weighted by molar-refractivity contribution is -0.146. The fourth-order valence-electron chi connectivity index (χ4n) is 8.03. The average Bonchev–Trinajstić information content (AvgIpc) is 3.33. The van der Waals surface area contributed by atoms with Crippen LogP contribution < -0.4 is 43.4 Å². The number of likely N-dealkylation sites (N-methyl/N-ethyl adjacent to an activating group) is 1. The van der Waals surface area contributed by atoms with Crippen molar-refractivity contribution in [1.29, 1.82) is 0 Å². The summed E-state index contributed by atoms with van der Waals surface area (Å²) < 4.78 is 5.82. The van der Waals surface area contributed by atoms with Crippen LogP contribution in [0.2, 0.25) is 0 Å². The SMILES string of the molecule is C=C1C(=O)N[C@H](CC(C)C)C(=O)N[C@@H](CC(C)C)C(=O)NC(C(=O)O)[C@H](C)C(=O)NC(CCCN=C(N)N)C(=O)NC(/C=C/C(C)=C/[C@H](C)[C@H](Cc2ccccc2)OC)[C@H](C)C(=O)N[C@@H](C(=O)O)CCC(=O)N1C. The number of hydrogen-bond donors (Lipinski definition) is 10. The standard InChI is InChI=1S/C52H80N10O12/c1-28(2)24-39-48(68)60-40(25-29(3)4)49(69)61-43(51(72)73)33(8)45(65)57-37(18-15-23-55-52(53)54)47(67)56-36(20-19-30(5)26-31(6)41(74-11)27-35-16-13-12-14-17-35)32(7)44(64)58-38(50(70)71)21-22-42(63)62(10)34(9)46(66)59-39/h12-14,16-17,19-20,26,28-29,31-33,36-41,43H,9,15,18,21-25,27H2,1-8,10-11H3,(H,56,67)(H,57,65)(H,58,64)(H,59,66)(H,60,68)(H,61,69)(H,70,71)(H,72,73)(H4,53,54,55)/b20-19+,30-26+/t31-,32-,33-,36?,37?,38+,39+,40-,41-,43?/m0/s1. The van der Waals surface area contributed by atoms with Crippen LogP contribution >= 0.6 is 0 Å². The number of carbonyl (C=O) groups is 9. The first-order valence-electron chi connectivity index (χ1n) is 24.9. The summed E-state index contributed by atoms with van der Waals surface area (Å²) in [5.74, 6) is -12.7. The topological polar surface area (TPSA) is 343 Å². The molecule has 74 heavy (non-hydrogen) atoms. The maximum Gasteiger partial charge on any atom is 0.327 e. The highest BCUT2D eigenvalue weighted by Gasteiger charge is 2.38. The number of carbonyl (C=O) groups excluding carboxylic acids is 7. The molecule has 0 aliphatic carbocycles. The van der Waals surface area contributed by atoms with Crippen molar-refractivity contribution >= 4 is 59.2 Å². The summed E-state index contributed by atoms with van der Waals surface area (Å²) in [4.78, 5) is 128. The quantitative estimate of drug-likeness (QED) is 0.0349. The predicted molar refractivity (Wildman–Crippen MR) is 278 cm³/mol. The summed E-state index contributed by atoms with van der Waals surface area (Å²) in [6, 6.07) is 1.03. The van der Waals surface area contributed by atoms with Crippen molar-refractivity contribution in [2.75, 3.05) is 20.7 Å². The van der Waals surface area contributed by atoms with Crippen LogP contribution in [0.4, 0.5) is 0 Å². The van der Waals surface area contributed by atoms with E-state index in [1.807, 2.05) is 43.3 Å². The third-order valence-corrected chi connectivity index (χ3v) is 12.5. The summed E-state index contributed by atoms with van der Waals surface area (Å²) in [6.45, 7) is 17.3. The Morgan fingerprint density at radius 1 is 0.797 bits per heavy atom. The summed E-state index contributed by atoms with van der Waals surface area (Å²) in [5, 5.41) is 36.0. The monoisotopic (exact) mass is 1040 g/mol. The molecule has 1 heterocycles. The van der Waals surface area contributed by atoms with Gasteiger partial charge in [-0.1, -0.05) is 109 Å². The van der Waals surface area contributed by atoms with Crippen LogP contribution in [-0.2, 0) is 54.3 Å². The Kier molecular flexibility index (Phi) is 26.2. The Hall–Kier alpha value is -7.10. The highest BCUT2D eigenvalue weighted by Crippen LogP contribution is 2.19. The molecule has 2 rings (SSSR count). The molecule has 410 valence electrons. The van der Waals surface area contributed by atoms with E-state index in [-0.39, 0.29) is 62.0 Å². The van der Waals surface area contributed by atoms with Crippen molar-refractivity contribution in [3.05, 3.63) is 72.0 Å². The van der Waals surface area contributed by atoms with Gasteiger partial charge in [0.2, 0.25) is 35.4 Å². The number of allylic oxidation sites excluding steroid dienone is 2. The summed E-state index contributed by atoms with van der Waals surface area (Å²) in [7, 11) is 2.85. The van der Waals surface area contributed by atoms with Gasteiger partial charge in [0.25, 0.3) is 5.91 Å². The Bertz CT molecular complexity index is 2230. The molecule has 22 heteroatoms. The van der Waals surface area contributed by atoms with Gasteiger partial charge in [0.15, 0.2) is 5.96 Å². The average molecular weight is 1040 g/mol. The van der Waals surface area contributed by atoms with E-state index in [1.54, 1.807) is 47.8 Å². The Labute approximate surface area is 434 Å².